The van der Waals surface area contributed by atoms with E-state index in [0.717, 1.165) is 6.07 Å². The molecule has 0 bridgehead atoms. The molecule has 0 aliphatic carbocycles. The molecule has 1 heterocycles. The molecule has 0 saturated carbocycles. The molecule has 0 atom stereocenters. The maximum Gasteiger partial charge on any atom is 0.309 e. The van der Waals surface area contributed by atoms with Gasteiger partial charge >= 0.3 is 10.1 Å². The Bertz CT molecular complexity index is 1110. The smallest absolute Gasteiger partial charge is 0.309 e. The molecule has 136 valence electrons. The Morgan fingerprint density at radius 1 is 1.12 bits per heavy atom. The van der Waals surface area contributed by atoms with Gasteiger partial charge < -0.3 is 18.8 Å². The summed E-state index contributed by atoms with van der Waals surface area (Å²) >= 11 is 0. The predicted octanol–water partition coefficient (Wildman–Crippen LogP) is 2.99. The number of hydrogen-bond acceptors (Lipinski definition) is 7. The highest BCUT2D eigenvalue weighted by atomic mass is 32.2. The molecule has 0 fully saturated rings. The first-order chi connectivity index (χ1) is 12.3. The van der Waals surface area contributed by atoms with Crippen molar-refractivity contribution in [3.05, 3.63) is 52.9 Å². The van der Waals surface area contributed by atoms with E-state index in [-0.39, 0.29) is 39.5 Å². The summed E-state index contributed by atoms with van der Waals surface area (Å²) in [5, 5.41) is 19.3. The number of aromatic hydroxyl groups is 2. The van der Waals surface area contributed by atoms with Crippen molar-refractivity contribution in [3.8, 4) is 28.4 Å². The fourth-order valence-corrected chi connectivity index (χ4v) is 3.53. The Balaban J connectivity index is 2.00. The molecule has 0 saturated heterocycles. The molecule has 0 radical (unpaired) electrons. The number of benzene rings is 2. The first kappa shape index (κ1) is 17.8. The molecule has 0 aliphatic rings. The third kappa shape index (κ3) is 3.50. The van der Waals surface area contributed by atoms with Gasteiger partial charge in [0, 0.05) is 12.1 Å². The van der Waals surface area contributed by atoms with Gasteiger partial charge in [0.1, 0.15) is 34.5 Å². The molecule has 8 heteroatoms. The average Bonchev–Trinajstić information content (AvgIpc) is 2.55. The standard InChI is InChI=1S/C18H16O7S/c1-2-7-26(22,23)25-13-5-3-11(4-6-13)14-10-24-16-9-12(19)8-15(20)17(16)18(14)21/h3-6,8-10,19-20H,2,7H2,1H3. The van der Waals surface area contributed by atoms with Crippen LogP contribution < -0.4 is 9.61 Å². The number of fused-ring (bicyclic) bond motifs is 1. The number of phenolic OH excluding ortho intramolecular Hbond substituents is 2. The first-order valence-electron chi connectivity index (χ1n) is 7.81. The SMILES string of the molecule is CCCS(=O)(=O)Oc1ccc(-c2coc3cc(O)cc(O)c3c2=O)cc1. The zero-order valence-electron chi connectivity index (χ0n) is 13.8. The maximum absolute atomic E-state index is 12.6. The third-order valence-corrected chi connectivity index (χ3v) is 5.04. The Hall–Kier alpha value is -3.00. The van der Waals surface area contributed by atoms with Crippen molar-refractivity contribution in [1.82, 2.24) is 0 Å². The van der Waals surface area contributed by atoms with Gasteiger partial charge in [-0.3, -0.25) is 4.79 Å². The van der Waals surface area contributed by atoms with E-state index in [1.54, 1.807) is 6.92 Å². The summed E-state index contributed by atoms with van der Waals surface area (Å²) in [5.74, 6) is -0.558. The summed E-state index contributed by atoms with van der Waals surface area (Å²) in [6.07, 6.45) is 1.66. The summed E-state index contributed by atoms with van der Waals surface area (Å²) < 4.78 is 33.7. The van der Waals surface area contributed by atoms with Gasteiger partial charge in [-0.1, -0.05) is 19.1 Å². The second-order valence-electron chi connectivity index (χ2n) is 5.69. The highest BCUT2D eigenvalue weighted by Crippen LogP contribution is 2.30. The Morgan fingerprint density at radius 2 is 1.81 bits per heavy atom. The van der Waals surface area contributed by atoms with E-state index in [1.165, 1.54) is 36.6 Å². The van der Waals surface area contributed by atoms with Crippen LogP contribution in [0.2, 0.25) is 0 Å². The minimum absolute atomic E-state index is 0.0499. The van der Waals surface area contributed by atoms with Crippen molar-refractivity contribution in [3.63, 3.8) is 0 Å². The summed E-state index contributed by atoms with van der Waals surface area (Å²) in [4.78, 5) is 12.6. The van der Waals surface area contributed by atoms with Crippen LogP contribution in [0.3, 0.4) is 0 Å². The summed E-state index contributed by atoms with van der Waals surface area (Å²) in [5.41, 5.74) is 0.229. The number of rotatable bonds is 5. The second-order valence-corrected chi connectivity index (χ2v) is 7.38. The molecule has 2 aromatic carbocycles. The van der Waals surface area contributed by atoms with E-state index in [9.17, 15) is 23.4 Å². The lowest BCUT2D eigenvalue weighted by Gasteiger charge is -2.08. The lowest BCUT2D eigenvalue weighted by molar-refractivity contribution is 0.452. The molecular weight excluding hydrogens is 360 g/mol. The molecule has 3 aromatic rings. The lowest BCUT2D eigenvalue weighted by Crippen LogP contribution is -2.13. The summed E-state index contributed by atoms with van der Waals surface area (Å²) in [6, 6.07) is 8.19. The Morgan fingerprint density at radius 3 is 2.46 bits per heavy atom. The Kier molecular flexibility index (Phi) is 4.60. The molecule has 0 spiro atoms. The van der Waals surface area contributed by atoms with E-state index < -0.39 is 15.5 Å². The molecule has 1 aromatic heterocycles. The second kappa shape index (κ2) is 6.72. The maximum atomic E-state index is 12.6. The molecule has 0 amide bonds. The van der Waals surface area contributed by atoms with Crippen molar-refractivity contribution in [2.45, 2.75) is 13.3 Å². The van der Waals surface area contributed by atoms with Crippen molar-refractivity contribution in [2.75, 3.05) is 5.75 Å². The van der Waals surface area contributed by atoms with Gasteiger partial charge in [0.15, 0.2) is 0 Å². The topological polar surface area (TPSA) is 114 Å². The Labute approximate surface area is 149 Å². The number of hydrogen-bond donors (Lipinski definition) is 2. The molecular formula is C18H16O7S. The van der Waals surface area contributed by atoms with Crippen LogP contribution >= 0.6 is 0 Å². The van der Waals surface area contributed by atoms with Crippen LogP contribution in [0, 0.1) is 0 Å². The van der Waals surface area contributed by atoms with Gasteiger partial charge in [-0.25, -0.2) is 0 Å². The highest BCUT2D eigenvalue weighted by molar-refractivity contribution is 7.87. The van der Waals surface area contributed by atoms with Crippen molar-refractivity contribution >= 4 is 21.1 Å². The molecule has 0 unspecified atom stereocenters. The zero-order chi connectivity index (χ0) is 18.9. The van der Waals surface area contributed by atoms with Gasteiger partial charge in [0.05, 0.1) is 11.3 Å². The van der Waals surface area contributed by atoms with Gasteiger partial charge in [0.25, 0.3) is 0 Å². The minimum Gasteiger partial charge on any atom is -0.508 e. The van der Waals surface area contributed by atoms with Gasteiger partial charge in [0.2, 0.25) is 5.43 Å². The van der Waals surface area contributed by atoms with Crippen LogP contribution in [0.1, 0.15) is 13.3 Å². The van der Waals surface area contributed by atoms with Crippen LogP contribution in [0.25, 0.3) is 22.1 Å². The van der Waals surface area contributed by atoms with Gasteiger partial charge in [-0.15, -0.1) is 0 Å². The van der Waals surface area contributed by atoms with Crippen molar-refractivity contribution < 1.29 is 27.2 Å². The minimum atomic E-state index is -3.65. The van der Waals surface area contributed by atoms with E-state index in [2.05, 4.69) is 0 Å². The fraction of sp³-hybridized carbons (Fsp3) is 0.167. The summed E-state index contributed by atoms with van der Waals surface area (Å²) in [6.45, 7) is 1.73. The van der Waals surface area contributed by atoms with Crippen LogP contribution in [0.4, 0.5) is 0 Å². The average molecular weight is 376 g/mol. The van der Waals surface area contributed by atoms with Crippen LogP contribution in [0.5, 0.6) is 17.2 Å². The first-order valence-corrected chi connectivity index (χ1v) is 9.38. The number of phenols is 2. The highest BCUT2D eigenvalue weighted by Gasteiger charge is 2.15. The monoisotopic (exact) mass is 376 g/mol. The van der Waals surface area contributed by atoms with Crippen molar-refractivity contribution in [1.29, 1.82) is 0 Å². The molecule has 3 rings (SSSR count). The third-order valence-electron chi connectivity index (χ3n) is 3.68. The lowest BCUT2D eigenvalue weighted by atomic mass is 10.0. The van der Waals surface area contributed by atoms with Crippen molar-refractivity contribution in [2.24, 2.45) is 0 Å². The molecule has 7 nitrogen and oxygen atoms in total. The van der Waals surface area contributed by atoms with Crippen LogP contribution in [-0.4, -0.2) is 24.4 Å². The van der Waals surface area contributed by atoms with E-state index in [1.807, 2.05) is 0 Å². The van der Waals surface area contributed by atoms with Gasteiger partial charge in [-0.05, 0) is 24.1 Å². The van der Waals surface area contributed by atoms with Crippen LogP contribution in [-0.2, 0) is 10.1 Å². The largest absolute Gasteiger partial charge is 0.508 e. The molecule has 26 heavy (non-hydrogen) atoms. The fourth-order valence-electron chi connectivity index (χ4n) is 2.55. The predicted molar refractivity (Wildman–Crippen MR) is 96.0 cm³/mol. The van der Waals surface area contributed by atoms with E-state index in [4.69, 9.17) is 8.60 Å². The van der Waals surface area contributed by atoms with E-state index in [0.29, 0.717) is 12.0 Å². The molecule has 2 N–H and O–H groups in total. The van der Waals surface area contributed by atoms with Crippen LogP contribution in [0.15, 0.2) is 51.9 Å². The molecule has 0 aliphatic heterocycles. The van der Waals surface area contributed by atoms with E-state index >= 15 is 0 Å². The quantitative estimate of drug-likeness (QED) is 0.658. The van der Waals surface area contributed by atoms with Gasteiger partial charge in [-0.2, -0.15) is 8.42 Å². The summed E-state index contributed by atoms with van der Waals surface area (Å²) in [7, 11) is -3.65. The normalized spacial score (nSPS) is 11.6. The zero-order valence-corrected chi connectivity index (χ0v) is 14.6.